The van der Waals surface area contributed by atoms with Gasteiger partial charge in [0.2, 0.25) is 5.95 Å². The van der Waals surface area contributed by atoms with Crippen LogP contribution in [-0.4, -0.2) is 57.9 Å². The molecule has 0 aromatic carbocycles. The van der Waals surface area contributed by atoms with Crippen molar-refractivity contribution in [2.24, 2.45) is 5.92 Å². The minimum atomic E-state index is -4.52. The highest BCUT2D eigenvalue weighted by molar-refractivity contribution is 5.96. The Morgan fingerprint density at radius 2 is 1.94 bits per heavy atom. The van der Waals surface area contributed by atoms with Crippen molar-refractivity contribution in [2.75, 3.05) is 25.1 Å². The highest BCUT2D eigenvalue weighted by Crippen LogP contribution is 2.29. The number of alkyl halides is 3. The standard InChI is InChI=1S/C20H22F3N5O3/c1-12(2)17-11-28(18-25-8-16(31-3)9-26-18)19(30)27(17)10-15(29)7-14-6-13(4-5-24-14)20(21,22)23/h4-6,8-9,12,17H,7,10-11H2,1-3H3/t17-/m1/s1. The molecule has 0 N–H and O–H groups in total. The Bertz CT molecular complexity index is 950. The molecule has 0 spiro atoms. The van der Waals surface area contributed by atoms with E-state index in [0.29, 0.717) is 5.75 Å². The maximum absolute atomic E-state index is 13.0. The minimum absolute atomic E-state index is 0.00270. The number of rotatable bonds is 7. The zero-order valence-electron chi connectivity index (χ0n) is 17.3. The summed E-state index contributed by atoms with van der Waals surface area (Å²) in [6.45, 7) is 3.88. The van der Waals surface area contributed by atoms with Crippen molar-refractivity contribution in [3.8, 4) is 5.75 Å². The van der Waals surface area contributed by atoms with Gasteiger partial charge in [0.05, 0.1) is 50.6 Å². The van der Waals surface area contributed by atoms with E-state index in [0.717, 1.165) is 18.3 Å². The van der Waals surface area contributed by atoms with Gasteiger partial charge in [0, 0.05) is 11.9 Å². The molecule has 1 aliphatic heterocycles. The number of methoxy groups -OCH3 is 1. The molecule has 3 heterocycles. The monoisotopic (exact) mass is 437 g/mol. The fourth-order valence-corrected chi connectivity index (χ4v) is 3.34. The third kappa shape index (κ3) is 5.09. The largest absolute Gasteiger partial charge is 0.494 e. The molecule has 0 radical (unpaired) electrons. The topological polar surface area (TPSA) is 88.5 Å². The van der Waals surface area contributed by atoms with E-state index in [-0.39, 0.29) is 43.1 Å². The van der Waals surface area contributed by atoms with Gasteiger partial charge in [-0.2, -0.15) is 13.2 Å². The average Bonchev–Trinajstić information content (AvgIpc) is 3.04. The van der Waals surface area contributed by atoms with E-state index in [4.69, 9.17) is 4.74 Å². The van der Waals surface area contributed by atoms with Gasteiger partial charge < -0.3 is 9.64 Å². The SMILES string of the molecule is COc1cnc(N2C[C@H](C(C)C)N(CC(=O)Cc3cc(C(F)(F)F)ccn3)C2=O)nc1. The first-order valence-electron chi connectivity index (χ1n) is 9.58. The number of pyridine rings is 1. The van der Waals surface area contributed by atoms with E-state index in [1.807, 2.05) is 13.8 Å². The van der Waals surface area contributed by atoms with Crippen molar-refractivity contribution in [3.63, 3.8) is 0 Å². The van der Waals surface area contributed by atoms with Gasteiger partial charge in [-0.1, -0.05) is 13.8 Å². The van der Waals surface area contributed by atoms with Crippen LogP contribution in [0.15, 0.2) is 30.7 Å². The Balaban J connectivity index is 1.74. The van der Waals surface area contributed by atoms with E-state index in [2.05, 4.69) is 15.0 Å². The second-order valence-corrected chi connectivity index (χ2v) is 7.50. The molecule has 0 saturated carbocycles. The first kappa shape index (κ1) is 22.4. The molecule has 8 nitrogen and oxygen atoms in total. The molecule has 0 unspecified atom stereocenters. The third-order valence-corrected chi connectivity index (χ3v) is 4.98. The van der Waals surface area contributed by atoms with Crippen molar-refractivity contribution < 1.29 is 27.5 Å². The Kier molecular flexibility index (Phi) is 6.42. The minimum Gasteiger partial charge on any atom is -0.494 e. The third-order valence-electron chi connectivity index (χ3n) is 4.98. The summed E-state index contributed by atoms with van der Waals surface area (Å²) >= 11 is 0. The van der Waals surface area contributed by atoms with Crippen LogP contribution in [0, 0.1) is 5.92 Å². The molecule has 1 saturated heterocycles. The van der Waals surface area contributed by atoms with Crippen molar-refractivity contribution >= 4 is 17.8 Å². The molecule has 31 heavy (non-hydrogen) atoms. The number of nitrogens with zero attached hydrogens (tertiary/aromatic N) is 5. The lowest BCUT2D eigenvalue weighted by Gasteiger charge is -2.25. The number of halogens is 3. The van der Waals surface area contributed by atoms with Gasteiger partial charge in [0.25, 0.3) is 0 Å². The number of anilines is 1. The van der Waals surface area contributed by atoms with E-state index >= 15 is 0 Å². The summed E-state index contributed by atoms with van der Waals surface area (Å²) in [6, 6.07) is 0.978. The quantitative estimate of drug-likeness (QED) is 0.662. The van der Waals surface area contributed by atoms with E-state index in [1.54, 1.807) is 0 Å². The molecule has 1 atom stereocenters. The van der Waals surface area contributed by atoms with Crippen LogP contribution in [0.2, 0.25) is 0 Å². The molecule has 1 fully saturated rings. The summed E-state index contributed by atoms with van der Waals surface area (Å²) in [6.07, 6.45) is -0.933. The first-order valence-corrected chi connectivity index (χ1v) is 9.58. The lowest BCUT2D eigenvalue weighted by atomic mass is 10.0. The fraction of sp³-hybridized carbons (Fsp3) is 0.450. The summed E-state index contributed by atoms with van der Waals surface area (Å²) in [7, 11) is 1.47. The lowest BCUT2D eigenvalue weighted by molar-refractivity contribution is -0.137. The lowest BCUT2D eigenvalue weighted by Crippen LogP contribution is -2.41. The number of carbonyl (C=O) groups excluding carboxylic acids is 2. The van der Waals surface area contributed by atoms with Gasteiger partial charge in [-0.15, -0.1) is 0 Å². The molecule has 2 amide bonds. The van der Waals surface area contributed by atoms with Gasteiger partial charge in [0.15, 0.2) is 11.5 Å². The van der Waals surface area contributed by atoms with Crippen molar-refractivity contribution in [1.82, 2.24) is 19.9 Å². The fourth-order valence-electron chi connectivity index (χ4n) is 3.34. The predicted molar refractivity (Wildman–Crippen MR) is 105 cm³/mol. The molecule has 2 aromatic rings. The highest BCUT2D eigenvalue weighted by Gasteiger charge is 2.41. The van der Waals surface area contributed by atoms with Crippen LogP contribution in [0.25, 0.3) is 0 Å². The molecule has 166 valence electrons. The number of carbonyl (C=O) groups is 2. The maximum atomic E-state index is 13.0. The van der Waals surface area contributed by atoms with Gasteiger partial charge in [-0.3, -0.25) is 14.7 Å². The summed E-state index contributed by atoms with van der Waals surface area (Å²) < 4.78 is 43.7. The Labute approximate surface area is 177 Å². The van der Waals surface area contributed by atoms with E-state index < -0.39 is 23.6 Å². The Morgan fingerprint density at radius 3 is 2.52 bits per heavy atom. The van der Waals surface area contributed by atoms with Crippen LogP contribution < -0.4 is 9.64 Å². The van der Waals surface area contributed by atoms with E-state index in [9.17, 15) is 22.8 Å². The van der Waals surface area contributed by atoms with Gasteiger partial charge in [0.1, 0.15) is 0 Å². The van der Waals surface area contributed by atoms with E-state index in [1.165, 1.54) is 29.3 Å². The molecular formula is C20H22F3N5O3. The Hall–Kier alpha value is -3.24. The van der Waals surface area contributed by atoms with Crippen LogP contribution in [0.5, 0.6) is 5.75 Å². The molecule has 2 aromatic heterocycles. The summed E-state index contributed by atoms with van der Waals surface area (Å²) in [5.41, 5.74) is -0.867. The first-order chi connectivity index (χ1) is 14.6. The molecule has 0 aliphatic carbocycles. The second kappa shape index (κ2) is 8.86. The van der Waals surface area contributed by atoms with Crippen molar-refractivity contribution in [3.05, 3.63) is 42.0 Å². The van der Waals surface area contributed by atoms with Gasteiger partial charge >= 0.3 is 12.2 Å². The molecule has 0 bridgehead atoms. The summed E-state index contributed by atoms with van der Waals surface area (Å²) in [4.78, 5) is 40.5. The number of urea groups is 1. The summed E-state index contributed by atoms with van der Waals surface area (Å²) in [5, 5.41) is 0. The number of ether oxygens (including phenoxy) is 1. The average molecular weight is 437 g/mol. The Morgan fingerprint density at radius 1 is 1.26 bits per heavy atom. The predicted octanol–water partition coefficient (Wildman–Crippen LogP) is 2.98. The van der Waals surface area contributed by atoms with Crippen molar-refractivity contribution in [2.45, 2.75) is 32.5 Å². The number of hydrogen-bond acceptors (Lipinski definition) is 6. The molecule has 3 rings (SSSR count). The highest BCUT2D eigenvalue weighted by atomic mass is 19.4. The number of ketones is 1. The molecule has 1 aliphatic rings. The smallest absolute Gasteiger partial charge is 0.416 e. The maximum Gasteiger partial charge on any atom is 0.416 e. The number of aromatic nitrogens is 3. The molecular weight excluding hydrogens is 415 g/mol. The zero-order valence-corrected chi connectivity index (χ0v) is 17.3. The van der Waals surface area contributed by atoms with Crippen LogP contribution in [0.1, 0.15) is 25.1 Å². The normalized spacial score (nSPS) is 16.9. The van der Waals surface area contributed by atoms with Crippen LogP contribution in [0.3, 0.4) is 0 Å². The van der Waals surface area contributed by atoms with Crippen LogP contribution >= 0.6 is 0 Å². The van der Waals surface area contributed by atoms with Gasteiger partial charge in [-0.25, -0.2) is 14.8 Å². The van der Waals surface area contributed by atoms with Crippen LogP contribution in [-0.2, 0) is 17.4 Å². The molecule has 11 heteroatoms. The summed E-state index contributed by atoms with van der Waals surface area (Å²) in [5.74, 6) is 0.248. The van der Waals surface area contributed by atoms with Crippen molar-refractivity contribution in [1.29, 1.82) is 0 Å². The number of amides is 2. The zero-order chi connectivity index (χ0) is 22.8. The van der Waals surface area contributed by atoms with Crippen LogP contribution in [0.4, 0.5) is 23.9 Å². The number of hydrogen-bond donors (Lipinski definition) is 0. The van der Waals surface area contributed by atoms with Gasteiger partial charge in [-0.05, 0) is 18.1 Å². The number of Topliss-reactive ketones (excluding diaryl/α,β-unsaturated/α-hetero) is 1. The second-order valence-electron chi connectivity index (χ2n) is 7.50.